The van der Waals surface area contributed by atoms with Gasteiger partial charge in [-0.2, -0.15) is 0 Å². The van der Waals surface area contributed by atoms with Crippen LogP contribution in [0.1, 0.15) is 31.2 Å². The Hall–Kier alpha value is -0.770. The normalized spacial score (nSPS) is 26.9. The van der Waals surface area contributed by atoms with Crippen molar-refractivity contribution in [3.63, 3.8) is 0 Å². The summed E-state index contributed by atoms with van der Waals surface area (Å²) in [7, 11) is 0. The molecule has 3 rings (SSSR count). The van der Waals surface area contributed by atoms with Crippen LogP contribution in [0.2, 0.25) is 5.02 Å². The molecule has 5 heteroatoms. The minimum atomic E-state index is -0.141. The van der Waals surface area contributed by atoms with Gasteiger partial charge in [0.2, 0.25) is 5.91 Å². The zero-order valence-corrected chi connectivity index (χ0v) is 14.3. The van der Waals surface area contributed by atoms with Crippen LogP contribution >= 0.6 is 24.0 Å². The summed E-state index contributed by atoms with van der Waals surface area (Å²) in [6.45, 7) is 2.56. The number of carbonyl (C=O) groups is 1. The van der Waals surface area contributed by atoms with Gasteiger partial charge in [0.25, 0.3) is 0 Å². The lowest BCUT2D eigenvalue weighted by Crippen LogP contribution is -2.48. The van der Waals surface area contributed by atoms with Gasteiger partial charge in [-0.15, -0.1) is 12.4 Å². The highest BCUT2D eigenvalue weighted by Gasteiger charge is 2.49. The number of carbonyl (C=O) groups excluding carboxylic acids is 1. The Morgan fingerprint density at radius 2 is 2.09 bits per heavy atom. The van der Waals surface area contributed by atoms with Crippen LogP contribution in [0.5, 0.6) is 0 Å². The molecule has 0 unspecified atom stereocenters. The summed E-state index contributed by atoms with van der Waals surface area (Å²) in [5, 5.41) is 7.34. The van der Waals surface area contributed by atoms with Gasteiger partial charge < -0.3 is 10.6 Å². The molecule has 1 aliphatic carbocycles. The van der Waals surface area contributed by atoms with E-state index in [1.165, 1.54) is 24.8 Å². The molecule has 1 heterocycles. The Balaban J connectivity index is 0.00000176. The molecular weight excluding hydrogens is 319 g/mol. The molecule has 0 aromatic heterocycles. The molecule has 22 heavy (non-hydrogen) atoms. The van der Waals surface area contributed by atoms with Gasteiger partial charge in [-0.25, -0.2) is 0 Å². The van der Waals surface area contributed by atoms with E-state index in [2.05, 4.69) is 10.6 Å². The fraction of sp³-hybridized carbons (Fsp3) is 0.588. The second-order valence-electron chi connectivity index (χ2n) is 6.36. The monoisotopic (exact) mass is 342 g/mol. The van der Waals surface area contributed by atoms with Gasteiger partial charge in [0, 0.05) is 18.1 Å². The molecule has 1 amide bonds. The molecule has 0 radical (unpaired) electrons. The molecule has 1 aliphatic heterocycles. The van der Waals surface area contributed by atoms with E-state index in [4.69, 9.17) is 11.6 Å². The third kappa shape index (κ3) is 3.58. The van der Waals surface area contributed by atoms with Crippen molar-refractivity contribution < 1.29 is 4.79 Å². The molecule has 0 bridgehead atoms. The second-order valence-corrected chi connectivity index (χ2v) is 6.80. The number of fused-ring (bicyclic) bond motifs is 1. The van der Waals surface area contributed by atoms with Crippen molar-refractivity contribution in [2.45, 2.75) is 32.1 Å². The van der Waals surface area contributed by atoms with E-state index in [0.29, 0.717) is 12.5 Å². The van der Waals surface area contributed by atoms with Crippen LogP contribution in [0.4, 0.5) is 0 Å². The summed E-state index contributed by atoms with van der Waals surface area (Å²) in [5.41, 5.74) is 1.07. The Labute approximate surface area is 143 Å². The van der Waals surface area contributed by atoms with Crippen LogP contribution in [0.3, 0.4) is 0 Å². The quantitative estimate of drug-likeness (QED) is 0.882. The van der Waals surface area contributed by atoms with E-state index in [0.717, 1.165) is 31.0 Å². The Morgan fingerprint density at radius 1 is 1.32 bits per heavy atom. The molecule has 2 fully saturated rings. The lowest BCUT2D eigenvalue weighted by molar-refractivity contribution is -0.133. The van der Waals surface area contributed by atoms with Gasteiger partial charge in [0.1, 0.15) is 0 Å². The highest BCUT2D eigenvalue weighted by Crippen LogP contribution is 2.43. The van der Waals surface area contributed by atoms with Gasteiger partial charge >= 0.3 is 0 Å². The lowest BCUT2D eigenvalue weighted by Gasteiger charge is -2.37. The molecule has 2 N–H and O–H groups in total. The predicted octanol–water partition coefficient (Wildman–Crippen LogP) is 3.20. The van der Waals surface area contributed by atoms with E-state index in [-0.39, 0.29) is 23.7 Å². The topological polar surface area (TPSA) is 41.1 Å². The average Bonchev–Trinajstić information content (AvgIpc) is 2.94. The number of benzene rings is 1. The first-order chi connectivity index (χ1) is 10.2. The number of hydrogen-bond acceptors (Lipinski definition) is 2. The third-order valence-corrected chi connectivity index (χ3v) is 5.35. The van der Waals surface area contributed by atoms with E-state index >= 15 is 0 Å². The molecular formula is C17H24Cl2N2O. The van der Waals surface area contributed by atoms with Crippen molar-refractivity contribution in [1.82, 2.24) is 10.6 Å². The lowest BCUT2D eigenvalue weighted by atomic mass is 9.67. The molecule has 1 saturated heterocycles. The van der Waals surface area contributed by atoms with Crippen molar-refractivity contribution >= 4 is 29.9 Å². The van der Waals surface area contributed by atoms with Crippen LogP contribution in [0.15, 0.2) is 24.3 Å². The van der Waals surface area contributed by atoms with Gasteiger partial charge in [-0.1, -0.05) is 36.6 Å². The third-order valence-electron chi connectivity index (χ3n) is 5.10. The molecule has 1 saturated carbocycles. The highest BCUT2D eigenvalue weighted by atomic mass is 35.5. The molecule has 0 spiro atoms. The summed E-state index contributed by atoms with van der Waals surface area (Å²) in [6, 6.07) is 7.84. The van der Waals surface area contributed by atoms with Crippen LogP contribution in [-0.4, -0.2) is 25.5 Å². The summed E-state index contributed by atoms with van der Waals surface area (Å²) in [6.07, 6.45) is 5.54. The second kappa shape index (κ2) is 7.67. The minimum absolute atomic E-state index is 0. The molecule has 1 aromatic carbocycles. The van der Waals surface area contributed by atoms with E-state index in [1.807, 2.05) is 24.3 Å². The number of nitrogens with one attached hydrogen (secondary N) is 2. The maximum absolute atomic E-state index is 12.7. The number of halogens is 2. The standard InChI is InChI=1S/C17H23ClN2O.ClH/c18-15-6-4-13(5-7-15)8-10-20-16(21)17-9-2-1-3-14(17)11-19-12-17;/h4-7,14,19H,1-3,8-12H2,(H,20,21);1H/t14-,17+;/m0./s1. The first kappa shape index (κ1) is 17.6. The van der Waals surface area contributed by atoms with Crippen LogP contribution < -0.4 is 10.6 Å². The molecule has 2 atom stereocenters. The Bertz CT molecular complexity index is 506. The molecule has 3 nitrogen and oxygen atoms in total. The van der Waals surface area contributed by atoms with Crippen molar-refractivity contribution in [1.29, 1.82) is 0 Å². The SMILES string of the molecule is Cl.O=C(NCCc1ccc(Cl)cc1)[C@@]12CCCC[C@H]1CNC2. The zero-order chi connectivity index (χ0) is 14.7. The van der Waals surface area contributed by atoms with E-state index in [9.17, 15) is 4.79 Å². The fourth-order valence-electron chi connectivity index (χ4n) is 3.84. The van der Waals surface area contributed by atoms with E-state index < -0.39 is 0 Å². The van der Waals surface area contributed by atoms with Crippen molar-refractivity contribution in [2.24, 2.45) is 11.3 Å². The zero-order valence-electron chi connectivity index (χ0n) is 12.7. The molecule has 2 aliphatic rings. The summed E-state index contributed by atoms with van der Waals surface area (Å²) >= 11 is 5.88. The molecule has 122 valence electrons. The van der Waals surface area contributed by atoms with Crippen LogP contribution in [-0.2, 0) is 11.2 Å². The van der Waals surface area contributed by atoms with Gasteiger partial charge in [0.05, 0.1) is 5.41 Å². The number of hydrogen-bond donors (Lipinski definition) is 2. The Kier molecular flexibility index (Phi) is 6.13. The minimum Gasteiger partial charge on any atom is -0.355 e. The van der Waals surface area contributed by atoms with E-state index in [1.54, 1.807) is 0 Å². The van der Waals surface area contributed by atoms with Gasteiger partial charge in [-0.3, -0.25) is 4.79 Å². The summed E-state index contributed by atoms with van der Waals surface area (Å²) in [4.78, 5) is 12.7. The fourth-order valence-corrected chi connectivity index (χ4v) is 3.96. The van der Waals surface area contributed by atoms with Crippen LogP contribution in [0.25, 0.3) is 0 Å². The summed E-state index contributed by atoms with van der Waals surface area (Å²) in [5.74, 6) is 0.785. The first-order valence-electron chi connectivity index (χ1n) is 7.94. The predicted molar refractivity (Wildman–Crippen MR) is 92.7 cm³/mol. The summed E-state index contributed by atoms with van der Waals surface area (Å²) < 4.78 is 0. The number of rotatable bonds is 4. The highest BCUT2D eigenvalue weighted by molar-refractivity contribution is 6.30. The van der Waals surface area contributed by atoms with Crippen molar-refractivity contribution in [3.8, 4) is 0 Å². The maximum atomic E-state index is 12.7. The van der Waals surface area contributed by atoms with Crippen molar-refractivity contribution in [3.05, 3.63) is 34.9 Å². The molecule has 1 aromatic rings. The van der Waals surface area contributed by atoms with Crippen LogP contribution in [0, 0.1) is 11.3 Å². The Morgan fingerprint density at radius 3 is 2.86 bits per heavy atom. The smallest absolute Gasteiger partial charge is 0.227 e. The van der Waals surface area contributed by atoms with Gasteiger partial charge in [-0.05, 0) is 49.4 Å². The maximum Gasteiger partial charge on any atom is 0.227 e. The van der Waals surface area contributed by atoms with Crippen molar-refractivity contribution in [2.75, 3.05) is 19.6 Å². The first-order valence-corrected chi connectivity index (χ1v) is 8.32. The average molecular weight is 343 g/mol. The van der Waals surface area contributed by atoms with Gasteiger partial charge in [0.15, 0.2) is 0 Å². The number of amides is 1. The largest absolute Gasteiger partial charge is 0.355 e.